The van der Waals surface area contributed by atoms with Crippen molar-refractivity contribution < 1.29 is 23.1 Å². The second-order valence-corrected chi connectivity index (χ2v) is 4.44. The molecule has 2 aromatic rings. The summed E-state index contributed by atoms with van der Waals surface area (Å²) >= 11 is 0. The summed E-state index contributed by atoms with van der Waals surface area (Å²) in [5.74, 6) is -1.08. The van der Waals surface area contributed by atoms with E-state index < -0.39 is 17.7 Å². The maximum atomic E-state index is 12.6. The number of carboxylic acid groups (broad SMARTS) is 1. The SMILES string of the molecule is Cc1cc(C(=O)O)cc(C)c1-n1cc(C(F)(F)F)cn1. The Morgan fingerprint density at radius 2 is 1.80 bits per heavy atom. The van der Waals surface area contributed by atoms with E-state index >= 15 is 0 Å². The van der Waals surface area contributed by atoms with Gasteiger partial charge in [0.2, 0.25) is 0 Å². The van der Waals surface area contributed by atoms with Crippen LogP contribution in [0.3, 0.4) is 0 Å². The van der Waals surface area contributed by atoms with Gasteiger partial charge in [0.1, 0.15) is 0 Å². The number of aromatic carboxylic acids is 1. The number of alkyl halides is 3. The Morgan fingerprint density at radius 1 is 1.25 bits per heavy atom. The Kier molecular flexibility index (Phi) is 3.29. The van der Waals surface area contributed by atoms with Gasteiger partial charge in [-0.1, -0.05) is 0 Å². The van der Waals surface area contributed by atoms with E-state index in [1.54, 1.807) is 13.8 Å². The van der Waals surface area contributed by atoms with E-state index in [-0.39, 0.29) is 5.56 Å². The van der Waals surface area contributed by atoms with Gasteiger partial charge in [-0.25, -0.2) is 9.48 Å². The lowest BCUT2D eigenvalue weighted by Gasteiger charge is -2.11. The van der Waals surface area contributed by atoms with Crippen LogP contribution in [0.2, 0.25) is 0 Å². The average molecular weight is 284 g/mol. The van der Waals surface area contributed by atoms with Crippen LogP contribution in [0.15, 0.2) is 24.5 Å². The lowest BCUT2D eigenvalue weighted by molar-refractivity contribution is -0.137. The monoisotopic (exact) mass is 284 g/mol. The summed E-state index contributed by atoms with van der Waals surface area (Å²) in [4.78, 5) is 10.9. The van der Waals surface area contributed by atoms with Crippen molar-refractivity contribution in [2.24, 2.45) is 0 Å². The first-order chi connectivity index (χ1) is 9.20. The molecule has 1 aromatic heterocycles. The third-order valence-electron chi connectivity index (χ3n) is 2.88. The van der Waals surface area contributed by atoms with Crippen LogP contribution in [0.1, 0.15) is 27.0 Å². The Bertz CT molecular complexity index is 651. The van der Waals surface area contributed by atoms with E-state index in [0.717, 1.165) is 17.1 Å². The molecular formula is C13H11F3N2O2. The third kappa shape index (κ3) is 2.52. The summed E-state index contributed by atoms with van der Waals surface area (Å²) in [6.07, 6.45) is -2.83. The fraction of sp³-hybridized carbons (Fsp3) is 0.231. The number of rotatable bonds is 2. The van der Waals surface area contributed by atoms with E-state index in [1.807, 2.05) is 0 Å². The molecule has 0 aliphatic heterocycles. The van der Waals surface area contributed by atoms with E-state index in [4.69, 9.17) is 5.11 Å². The van der Waals surface area contributed by atoms with Crippen LogP contribution in [0.4, 0.5) is 13.2 Å². The topological polar surface area (TPSA) is 55.1 Å². The zero-order valence-electron chi connectivity index (χ0n) is 10.7. The highest BCUT2D eigenvalue weighted by Crippen LogP contribution is 2.30. The summed E-state index contributed by atoms with van der Waals surface area (Å²) in [7, 11) is 0. The van der Waals surface area contributed by atoms with Crippen LogP contribution in [-0.2, 0) is 6.18 Å². The number of halogens is 3. The van der Waals surface area contributed by atoms with Crippen LogP contribution < -0.4 is 0 Å². The fourth-order valence-corrected chi connectivity index (χ4v) is 2.03. The number of carboxylic acids is 1. The van der Waals surface area contributed by atoms with Gasteiger partial charge in [-0.15, -0.1) is 0 Å². The Morgan fingerprint density at radius 3 is 2.20 bits per heavy atom. The van der Waals surface area contributed by atoms with E-state index in [2.05, 4.69) is 5.10 Å². The molecule has 0 radical (unpaired) electrons. The Hall–Kier alpha value is -2.31. The Labute approximate surface area is 112 Å². The highest BCUT2D eigenvalue weighted by molar-refractivity contribution is 5.88. The second-order valence-electron chi connectivity index (χ2n) is 4.44. The van der Waals surface area contributed by atoms with Gasteiger partial charge in [-0.2, -0.15) is 18.3 Å². The van der Waals surface area contributed by atoms with Crippen molar-refractivity contribution in [1.82, 2.24) is 9.78 Å². The molecular weight excluding hydrogens is 273 g/mol. The molecule has 0 aliphatic carbocycles. The van der Waals surface area contributed by atoms with Gasteiger partial charge in [0, 0.05) is 6.20 Å². The van der Waals surface area contributed by atoms with Crippen molar-refractivity contribution in [2.45, 2.75) is 20.0 Å². The summed E-state index contributed by atoms with van der Waals surface area (Å²) in [6.45, 7) is 3.26. The van der Waals surface area contributed by atoms with Gasteiger partial charge in [-0.3, -0.25) is 0 Å². The molecule has 0 atom stereocenters. The summed E-state index contributed by atoms with van der Waals surface area (Å²) in [6, 6.07) is 2.80. The molecule has 4 nitrogen and oxygen atoms in total. The molecule has 0 fully saturated rings. The summed E-state index contributed by atoms with van der Waals surface area (Å²) in [5, 5.41) is 12.6. The van der Waals surface area contributed by atoms with Crippen LogP contribution in [0, 0.1) is 13.8 Å². The highest BCUT2D eigenvalue weighted by Gasteiger charge is 2.32. The lowest BCUT2D eigenvalue weighted by Crippen LogP contribution is -2.06. The van der Waals surface area contributed by atoms with Gasteiger partial charge < -0.3 is 5.11 Å². The third-order valence-corrected chi connectivity index (χ3v) is 2.88. The fourth-order valence-electron chi connectivity index (χ4n) is 2.03. The normalized spacial score (nSPS) is 11.7. The lowest BCUT2D eigenvalue weighted by atomic mass is 10.0. The summed E-state index contributed by atoms with van der Waals surface area (Å²) in [5.41, 5.74) is 0.773. The smallest absolute Gasteiger partial charge is 0.419 e. The quantitative estimate of drug-likeness (QED) is 0.921. The van der Waals surface area contributed by atoms with Crippen molar-refractivity contribution >= 4 is 5.97 Å². The van der Waals surface area contributed by atoms with Crippen molar-refractivity contribution in [3.8, 4) is 5.69 Å². The molecule has 1 N–H and O–H groups in total. The van der Waals surface area contributed by atoms with Crippen molar-refractivity contribution in [2.75, 3.05) is 0 Å². The first-order valence-corrected chi connectivity index (χ1v) is 5.67. The van der Waals surface area contributed by atoms with Crippen molar-refractivity contribution in [3.05, 3.63) is 46.8 Å². The molecule has 7 heteroatoms. The standard InChI is InChI=1S/C13H11F3N2O2/c1-7-3-9(12(19)20)4-8(2)11(7)18-6-10(5-17-18)13(14,15)16/h3-6H,1-2H3,(H,19,20). The van der Waals surface area contributed by atoms with Gasteiger partial charge in [0.05, 0.1) is 23.0 Å². The molecule has 0 aliphatic rings. The number of benzene rings is 1. The van der Waals surface area contributed by atoms with Crippen LogP contribution in [0.5, 0.6) is 0 Å². The molecule has 0 spiro atoms. The highest BCUT2D eigenvalue weighted by atomic mass is 19.4. The second kappa shape index (κ2) is 4.66. The van der Waals surface area contributed by atoms with Gasteiger partial charge in [0.25, 0.3) is 0 Å². The summed E-state index contributed by atoms with van der Waals surface area (Å²) < 4.78 is 38.8. The molecule has 2 rings (SSSR count). The zero-order chi connectivity index (χ0) is 15.1. The molecule has 0 bridgehead atoms. The molecule has 0 saturated carbocycles. The first kappa shape index (κ1) is 14.1. The number of aryl methyl sites for hydroxylation is 2. The van der Waals surface area contributed by atoms with Crippen LogP contribution in [-0.4, -0.2) is 20.9 Å². The minimum Gasteiger partial charge on any atom is -0.478 e. The zero-order valence-corrected chi connectivity index (χ0v) is 10.7. The number of hydrogen-bond acceptors (Lipinski definition) is 2. The first-order valence-electron chi connectivity index (χ1n) is 5.67. The molecule has 0 amide bonds. The Balaban J connectivity index is 2.53. The predicted octanol–water partition coefficient (Wildman–Crippen LogP) is 3.21. The minimum atomic E-state index is -4.46. The average Bonchev–Trinajstić information content (AvgIpc) is 2.76. The van der Waals surface area contributed by atoms with E-state index in [9.17, 15) is 18.0 Å². The molecule has 0 saturated heterocycles. The molecule has 0 unspecified atom stereocenters. The maximum absolute atomic E-state index is 12.6. The van der Waals surface area contributed by atoms with Crippen molar-refractivity contribution in [3.63, 3.8) is 0 Å². The van der Waals surface area contributed by atoms with Crippen LogP contribution >= 0.6 is 0 Å². The van der Waals surface area contributed by atoms with E-state index in [0.29, 0.717) is 16.8 Å². The molecule has 106 valence electrons. The number of carbonyl (C=O) groups is 1. The van der Waals surface area contributed by atoms with E-state index in [1.165, 1.54) is 12.1 Å². The van der Waals surface area contributed by atoms with Crippen LogP contribution in [0.25, 0.3) is 5.69 Å². The van der Waals surface area contributed by atoms with Gasteiger partial charge in [-0.05, 0) is 37.1 Å². The minimum absolute atomic E-state index is 0.0898. The molecule has 20 heavy (non-hydrogen) atoms. The largest absolute Gasteiger partial charge is 0.478 e. The van der Waals surface area contributed by atoms with Crippen molar-refractivity contribution in [1.29, 1.82) is 0 Å². The predicted molar refractivity (Wildman–Crippen MR) is 65.0 cm³/mol. The number of hydrogen-bond donors (Lipinski definition) is 1. The number of nitrogens with zero attached hydrogens (tertiary/aromatic N) is 2. The van der Waals surface area contributed by atoms with Gasteiger partial charge >= 0.3 is 12.1 Å². The van der Waals surface area contributed by atoms with Gasteiger partial charge in [0.15, 0.2) is 0 Å². The molecule has 1 aromatic carbocycles. The number of aromatic nitrogens is 2. The molecule has 1 heterocycles. The maximum Gasteiger partial charge on any atom is 0.419 e.